The number of anilines is 4. The molecule has 0 radical (unpaired) electrons. The first-order valence-electron chi connectivity index (χ1n) is 11.0. The van der Waals surface area contributed by atoms with Crippen LogP contribution in [0.25, 0.3) is 0 Å². The van der Waals surface area contributed by atoms with E-state index in [2.05, 4.69) is 37.6 Å². The first-order valence-corrected chi connectivity index (χ1v) is 11.0. The molecule has 1 aliphatic heterocycles. The molecule has 0 saturated carbocycles. The molecule has 1 aromatic heterocycles. The van der Waals surface area contributed by atoms with Gasteiger partial charge in [-0.05, 0) is 62.4 Å². The van der Waals surface area contributed by atoms with Crippen LogP contribution in [0.4, 0.5) is 23.1 Å². The Morgan fingerprint density at radius 2 is 1.68 bits per heavy atom. The molecule has 1 amide bonds. The fourth-order valence-corrected chi connectivity index (χ4v) is 3.80. The Morgan fingerprint density at radius 1 is 0.968 bits per heavy atom. The van der Waals surface area contributed by atoms with Crippen molar-refractivity contribution in [3.63, 3.8) is 0 Å². The molecule has 2 N–H and O–H groups in total. The highest BCUT2D eigenvalue weighted by molar-refractivity contribution is 5.90. The fraction of sp³-hybridized carbons (Fsp3) is 0.320. The Morgan fingerprint density at radius 3 is 2.42 bits per heavy atom. The summed E-state index contributed by atoms with van der Waals surface area (Å²) in [7, 11) is 0. The molecular formula is C25H29N5O. The lowest BCUT2D eigenvalue weighted by Crippen LogP contribution is -2.19. The van der Waals surface area contributed by atoms with Crippen LogP contribution in [0.5, 0.6) is 0 Å². The third kappa shape index (κ3) is 6.04. The predicted octanol–water partition coefficient (Wildman–Crippen LogP) is 5.09. The average Bonchev–Trinajstić information content (AvgIpc) is 3.31. The summed E-state index contributed by atoms with van der Waals surface area (Å²) in [6.07, 6.45) is 4.67. The van der Waals surface area contributed by atoms with E-state index in [0.29, 0.717) is 12.4 Å². The van der Waals surface area contributed by atoms with Gasteiger partial charge in [0.1, 0.15) is 5.82 Å². The standard InChI is InChI=1S/C25H29N5O/c1-19-18-23(30-16-5-6-17-30)29-25(26-19)28-22-14-12-21(13-15-22)27-24(31)11-7-10-20-8-3-2-4-9-20/h2-4,8-9,12-15,18H,5-7,10-11,16-17H2,1H3,(H,27,31)(H,26,28,29). The maximum atomic E-state index is 12.2. The second-order valence-corrected chi connectivity index (χ2v) is 7.97. The van der Waals surface area contributed by atoms with Gasteiger partial charge in [-0.25, -0.2) is 4.98 Å². The third-order valence-electron chi connectivity index (χ3n) is 5.41. The van der Waals surface area contributed by atoms with Gasteiger partial charge in [-0.2, -0.15) is 4.98 Å². The maximum Gasteiger partial charge on any atom is 0.229 e. The minimum Gasteiger partial charge on any atom is -0.356 e. The van der Waals surface area contributed by atoms with Crippen molar-refractivity contribution in [3.05, 3.63) is 71.9 Å². The predicted molar refractivity (Wildman–Crippen MR) is 126 cm³/mol. The summed E-state index contributed by atoms with van der Waals surface area (Å²) >= 11 is 0. The molecule has 2 heterocycles. The van der Waals surface area contributed by atoms with Crippen molar-refractivity contribution in [2.75, 3.05) is 28.6 Å². The van der Waals surface area contributed by atoms with Crippen LogP contribution in [0.3, 0.4) is 0 Å². The lowest BCUT2D eigenvalue weighted by molar-refractivity contribution is -0.116. The highest BCUT2D eigenvalue weighted by atomic mass is 16.1. The quantitative estimate of drug-likeness (QED) is 0.536. The summed E-state index contributed by atoms with van der Waals surface area (Å²) in [4.78, 5) is 23.7. The molecule has 4 rings (SSSR count). The summed E-state index contributed by atoms with van der Waals surface area (Å²) in [6, 6.07) is 19.9. The van der Waals surface area contributed by atoms with Gasteiger partial charge in [-0.15, -0.1) is 0 Å². The SMILES string of the molecule is Cc1cc(N2CCCC2)nc(Nc2ccc(NC(=O)CCCc3ccccc3)cc2)n1. The van der Waals surface area contributed by atoms with Crippen molar-refractivity contribution < 1.29 is 4.79 Å². The normalized spacial score (nSPS) is 13.3. The van der Waals surface area contributed by atoms with Crippen molar-refractivity contribution in [2.24, 2.45) is 0 Å². The van der Waals surface area contributed by atoms with Gasteiger partial charge >= 0.3 is 0 Å². The van der Waals surface area contributed by atoms with E-state index in [9.17, 15) is 4.79 Å². The monoisotopic (exact) mass is 415 g/mol. The number of benzene rings is 2. The zero-order valence-electron chi connectivity index (χ0n) is 18.0. The molecule has 6 nitrogen and oxygen atoms in total. The zero-order chi connectivity index (χ0) is 21.5. The Kier molecular flexibility index (Phi) is 6.77. The number of rotatable bonds is 8. The highest BCUT2D eigenvalue weighted by Gasteiger charge is 2.15. The van der Waals surface area contributed by atoms with Crippen LogP contribution in [0.2, 0.25) is 0 Å². The second kappa shape index (κ2) is 10.1. The zero-order valence-corrected chi connectivity index (χ0v) is 18.0. The van der Waals surface area contributed by atoms with Crippen LogP contribution in [0.1, 0.15) is 36.9 Å². The largest absolute Gasteiger partial charge is 0.356 e. The number of carbonyl (C=O) groups is 1. The van der Waals surface area contributed by atoms with E-state index in [1.807, 2.05) is 55.5 Å². The Bertz CT molecular complexity index is 998. The molecule has 3 aromatic rings. The molecule has 0 unspecified atom stereocenters. The molecular weight excluding hydrogens is 386 g/mol. The Labute approximate surface area is 183 Å². The molecule has 1 fully saturated rings. The number of nitrogens with zero attached hydrogens (tertiary/aromatic N) is 3. The smallest absolute Gasteiger partial charge is 0.229 e. The molecule has 0 atom stereocenters. The van der Waals surface area contributed by atoms with Crippen LogP contribution in [-0.4, -0.2) is 29.0 Å². The lowest BCUT2D eigenvalue weighted by atomic mass is 10.1. The van der Waals surface area contributed by atoms with Gasteiger partial charge in [0.25, 0.3) is 0 Å². The summed E-state index contributed by atoms with van der Waals surface area (Å²) in [5, 5.41) is 6.25. The van der Waals surface area contributed by atoms with E-state index in [0.717, 1.165) is 48.8 Å². The minimum atomic E-state index is 0.0360. The minimum absolute atomic E-state index is 0.0360. The Hall–Kier alpha value is -3.41. The molecule has 6 heteroatoms. The van der Waals surface area contributed by atoms with Crippen LogP contribution in [0.15, 0.2) is 60.7 Å². The van der Waals surface area contributed by atoms with Crippen LogP contribution in [0, 0.1) is 6.92 Å². The molecule has 31 heavy (non-hydrogen) atoms. The number of carbonyl (C=O) groups excluding carboxylic acids is 1. The summed E-state index contributed by atoms with van der Waals surface area (Å²) in [5.41, 5.74) is 3.88. The molecule has 0 bridgehead atoms. The van der Waals surface area contributed by atoms with Gasteiger partial charge in [0.2, 0.25) is 11.9 Å². The van der Waals surface area contributed by atoms with Gasteiger partial charge in [0, 0.05) is 42.6 Å². The van der Waals surface area contributed by atoms with Gasteiger partial charge < -0.3 is 15.5 Å². The number of aromatic nitrogens is 2. The van der Waals surface area contributed by atoms with Crippen molar-refractivity contribution in [2.45, 2.75) is 39.0 Å². The lowest BCUT2D eigenvalue weighted by Gasteiger charge is -2.17. The molecule has 0 spiro atoms. The first kappa shape index (κ1) is 20.8. The van der Waals surface area contributed by atoms with Gasteiger partial charge in [-0.1, -0.05) is 30.3 Å². The fourth-order valence-electron chi connectivity index (χ4n) is 3.80. The number of aryl methyl sites for hydroxylation is 2. The first-order chi connectivity index (χ1) is 15.2. The van der Waals surface area contributed by atoms with E-state index >= 15 is 0 Å². The van der Waals surface area contributed by atoms with E-state index in [4.69, 9.17) is 0 Å². The molecule has 0 aliphatic carbocycles. The van der Waals surface area contributed by atoms with E-state index in [1.54, 1.807) is 0 Å². The summed E-state index contributed by atoms with van der Waals surface area (Å²) in [6.45, 7) is 4.09. The average molecular weight is 416 g/mol. The van der Waals surface area contributed by atoms with E-state index < -0.39 is 0 Å². The summed E-state index contributed by atoms with van der Waals surface area (Å²) < 4.78 is 0. The number of hydrogen-bond acceptors (Lipinski definition) is 5. The highest BCUT2D eigenvalue weighted by Crippen LogP contribution is 2.22. The van der Waals surface area contributed by atoms with Crippen LogP contribution < -0.4 is 15.5 Å². The molecule has 1 aliphatic rings. The Balaban J connectivity index is 1.29. The second-order valence-electron chi connectivity index (χ2n) is 7.97. The maximum absolute atomic E-state index is 12.2. The van der Waals surface area contributed by atoms with Crippen LogP contribution >= 0.6 is 0 Å². The van der Waals surface area contributed by atoms with Gasteiger partial charge in [0.15, 0.2) is 0 Å². The molecule has 2 aromatic carbocycles. The molecule has 160 valence electrons. The number of nitrogens with one attached hydrogen (secondary N) is 2. The van der Waals surface area contributed by atoms with Gasteiger partial charge in [-0.3, -0.25) is 4.79 Å². The van der Waals surface area contributed by atoms with Gasteiger partial charge in [0.05, 0.1) is 0 Å². The summed E-state index contributed by atoms with van der Waals surface area (Å²) in [5.74, 6) is 1.61. The van der Waals surface area contributed by atoms with Crippen molar-refractivity contribution in [3.8, 4) is 0 Å². The topological polar surface area (TPSA) is 70.2 Å². The molecule has 1 saturated heterocycles. The van der Waals surface area contributed by atoms with E-state index in [1.165, 1.54) is 18.4 Å². The third-order valence-corrected chi connectivity index (χ3v) is 5.41. The van der Waals surface area contributed by atoms with Crippen molar-refractivity contribution in [1.29, 1.82) is 0 Å². The van der Waals surface area contributed by atoms with E-state index in [-0.39, 0.29) is 5.91 Å². The van der Waals surface area contributed by atoms with Crippen LogP contribution in [-0.2, 0) is 11.2 Å². The number of hydrogen-bond donors (Lipinski definition) is 2. The van der Waals surface area contributed by atoms with Crippen molar-refractivity contribution in [1.82, 2.24) is 9.97 Å². The number of amides is 1. The van der Waals surface area contributed by atoms with Crippen molar-refractivity contribution >= 4 is 29.0 Å².